The van der Waals surface area contributed by atoms with Crippen molar-refractivity contribution in [2.24, 2.45) is 0 Å². The molecule has 0 bridgehead atoms. The molecule has 124 valence electrons. The molecule has 0 heterocycles. The van der Waals surface area contributed by atoms with E-state index >= 15 is 0 Å². The third-order valence-electron chi connectivity index (χ3n) is 3.14. The predicted molar refractivity (Wildman–Crippen MR) is 102 cm³/mol. The topological polar surface area (TPSA) is 18.5 Å². The van der Waals surface area contributed by atoms with E-state index in [0.29, 0.717) is 34.0 Å². The van der Waals surface area contributed by atoms with Crippen molar-refractivity contribution in [3.05, 3.63) is 58.6 Å². The molecule has 0 aliphatic heterocycles. The van der Waals surface area contributed by atoms with Crippen LogP contribution in [0.5, 0.6) is 11.5 Å². The highest BCUT2D eigenvalue weighted by Crippen LogP contribution is 2.60. The minimum atomic E-state index is -1.79. The third-order valence-corrected chi connectivity index (χ3v) is 9.06. The van der Waals surface area contributed by atoms with Gasteiger partial charge in [0.2, 0.25) is 12.7 Å². The van der Waals surface area contributed by atoms with Gasteiger partial charge in [-0.3, -0.25) is 0 Å². The van der Waals surface area contributed by atoms with Gasteiger partial charge in [-0.25, -0.2) is 0 Å². The lowest BCUT2D eigenvalue weighted by molar-refractivity contribution is 0.360. The van der Waals surface area contributed by atoms with Crippen LogP contribution in [-0.2, 0) is 0 Å². The van der Waals surface area contributed by atoms with Crippen molar-refractivity contribution in [3.63, 3.8) is 0 Å². The number of benzene rings is 2. The van der Waals surface area contributed by atoms with Crippen LogP contribution < -0.4 is 9.47 Å². The molecule has 0 N–H and O–H groups in total. The summed E-state index contributed by atoms with van der Waals surface area (Å²) in [5.74, 6) is 1.47. The van der Waals surface area contributed by atoms with Gasteiger partial charge in [0.25, 0.3) is 0 Å². The maximum absolute atomic E-state index is 6.17. The zero-order valence-corrected chi connectivity index (χ0v) is 16.1. The first kappa shape index (κ1) is 19.0. The summed E-state index contributed by atoms with van der Waals surface area (Å²) < 4.78 is 11.7. The monoisotopic (exact) mass is 411 g/mol. The second kappa shape index (κ2) is 9.20. The van der Waals surface area contributed by atoms with Gasteiger partial charge in [-0.2, -0.15) is 0 Å². The summed E-state index contributed by atoms with van der Waals surface area (Å²) in [5.41, 5.74) is 0.857. The highest BCUT2D eigenvalue weighted by molar-refractivity contribution is 7.78. The van der Waals surface area contributed by atoms with Crippen LogP contribution >= 0.6 is 53.7 Å². The average molecular weight is 413 g/mol. The lowest BCUT2D eigenvalue weighted by Crippen LogP contribution is -2.15. The van der Waals surface area contributed by atoms with Crippen LogP contribution in [0, 0.1) is 0 Å². The first-order chi connectivity index (χ1) is 11.1. The zero-order valence-electron chi connectivity index (χ0n) is 12.2. The SMILES string of the molecule is ClC[P+](CCl)(COc1ccc(Cl)cc1)COc1ccc(Cl)cc1. The van der Waals surface area contributed by atoms with Crippen LogP contribution in [0.3, 0.4) is 0 Å². The Morgan fingerprint density at radius 2 is 1.00 bits per heavy atom. The molecule has 7 heteroatoms. The number of hydrogen-bond acceptors (Lipinski definition) is 2. The van der Waals surface area contributed by atoms with Gasteiger partial charge in [-0.1, -0.05) is 46.4 Å². The van der Waals surface area contributed by atoms with Crippen LogP contribution in [0.15, 0.2) is 48.5 Å². The number of ether oxygens (including phenoxy) is 2. The second-order valence-electron chi connectivity index (χ2n) is 5.04. The number of halogens is 4. The van der Waals surface area contributed by atoms with Crippen molar-refractivity contribution in [2.45, 2.75) is 0 Å². The molecule has 2 aromatic carbocycles. The molecule has 0 unspecified atom stereocenters. The third kappa shape index (κ3) is 5.89. The molecule has 2 nitrogen and oxygen atoms in total. The number of alkyl halides is 2. The van der Waals surface area contributed by atoms with E-state index < -0.39 is 7.26 Å². The van der Waals surface area contributed by atoms with Gasteiger partial charge in [-0.05, 0) is 48.5 Å². The van der Waals surface area contributed by atoms with Crippen molar-refractivity contribution < 1.29 is 9.47 Å². The Morgan fingerprint density at radius 1 is 0.652 bits per heavy atom. The second-order valence-corrected chi connectivity index (χ2v) is 11.0. The Labute approximate surface area is 156 Å². The van der Waals surface area contributed by atoms with Crippen LogP contribution in [-0.4, -0.2) is 23.9 Å². The smallest absolute Gasteiger partial charge is 0.202 e. The fraction of sp³-hybridized carbons (Fsp3) is 0.250. The van der Waals surface area contributed by atoms with Gasteiger partial charge in [0.15, 0.2) is 0 Å². The standard InChI is InChI=1S/C16H16Cl4O2P/c17-9-23(10-18,11-21-15-5-1-13(19)2-6-15)12-22-16-7-3-14(20)4-8-16/h1-8H,9-12H2/q+1. The van der Waals surface area contributed by atoms with Crippen LogP contribution in [0.2, 0.25) is 10.0 Å². The Kier molecular flexibility index (Phi) is 7.59. The highest BCUT2D eigenvalue weighted by Gasteiger charge is 2.38. The molecule has 0 radical (unpaired) electrons. The molecule has 23 heavy (non-hydrogen) atoms. The van der Waals surface area contributed by atoms with Crippen molar-refractivity contribution >= 4 is 53.7 Å². The fourth-order valence-electron chi connectivity index (χ4n) is 1.69. The zero-order chi connectivity index (χ0) is 16.7. The Balaban J connectivity index is 1.97. The van der Waals surface area contributed by atoms with Crippen molar-refractivity contribution in [1.29, 1.82) is 0 Å². The molecule has 2 rings (SSSR count). The summed E-state index contributed by atoms with van der Waals surface area (Å²) in [7, 11) is -1.79. The molecule has 0 saturated carbocycles. The van der Waals surface area contributed by atoms with E-state index in [1.54, 1.807) is 24.3 Å². The summed E-state index contributed by atoms with van der Waals surface area (Å²) in [6.45, 7) is 0. The molecule has 0 atom stereocenters. The largest absolute Gasteiger partial charge is 0.459 e. The van der Waals surface area contributed by atoms with E-state index in [4.69, 9.17) is 55.9 Å². The maximum atomic E-state index is 6.17. The molecule has 0 spiro atoms. The van der Waals surface area contributed by atoms with Crippen molar-refractivity contribution in [2.75, 3.05) is 23.9 Å². The van der Waals surface area contributed by atoms with Crippen molar-refractivity contribution in [1.82, 2.24) is 0 Å². The van der Waals surface area contributed by atoms with Gasteiger partial charge in [-0.15, -0.1) is 0 Å². The van der Waals surface area contributed by atoms with Gasteiger partial charge in [0.1, 0.15) is 30.0 Å². The van der Waals surface area contributed by atoms with Gasteiger partial charge in [0.05, 0.1) is 0 Å². The number of hydrogen-bond donors (Lipinski definition) is 0. The molecule has 0 aliphatic rings. The van der Waals surface area contributed by atoms with Gasteiger partial charge >= 0.3 is 0 Å². The molecular formula is C16H16Cl4O2P+. The molecule has 0 amide bonds. The minimum absolute atomic E-state index is 0.428. The normalized spacial score (nSPS) is 11.3. The molecule has 0 aromatic heterocycles. The summed E-state index contributed by atoms with van der Waals surface area (Å²) in [5, 5.41) is 1.33. The van der Waals surface area contributed by atoms with Crippen molar-refractivity contribution in [3.8, 4) is 11.5 Å². The van der Waals surface area contributed by atoms with E-state index in [-0.39, 0.29) is 0 Å². The molecule has 0 fully saturated rings. The van der Waals surface area contributed by atoms with E-state index in [0.717, 1.165) is 11.5 Å². The lowest BCUT2D eigenvalue weighted by Gasteiger charge is -2.22. The Bertz CT molecular complexity index is 549. The van der Waals surface area contributed by atoms with Crippen LogP contribution in [0.25, 0.3) is 0 Å². The summed E-state index contributed by atoms with van der Waals surface area (Å²) in [4.78, 5) is 0. The molecule has 0 saturated heterocycles. The predicted octanol–water partition coefficient (Wildman–Crippen LogP) is 6.78. The average Bonchev–Trinajstić information content (AvgIpc) is 2.59. The quantitative estimate of drug-likeness (QED) is 0.351. The maximum Gasteiger partial charge on any atom is 0.202 e. The van der Waals surface area contributed by atoms with E-state index in [9.17, 15) is 0 Å². The van der Waals surface area contributed by atoms with Gasteiger partial charge < -0.3 is 9.47 Å². The summed E-state index contributed by atoms with van der Waals surface area (Å²) >= 11 is 24.1. The number of rotatable bonds is 8. The Hall–Kier alpha value is -0.370. The molecule has 0 aliphatic carbocycles. The summed E-state index contributed by atoms with van der Waals surface area (Å²) in [6.07, 6.45) is 0.907. The first-order valence-corrected chi connectivity index (χ1v) is 11.2. The lowest BCUT2D eigenvalue weighted by atomic mass is 10.3. The molecule has 2 aromatic rings. The summed E-state index contributed by atoms with van der Waals surface area (Å²) in [6, 6.07) is 14.4. The Morgan fingerprint density at radius 3 is 1.30 bits per heavy atom. The van der Waals surface area contributed by atoms with E-state index in [1.807, 2.05) is 24.3 Å². The van der Waals surface area contributed by atoms with Gasteiger partial charge in [0, 0.05) is 10.0 Å². The minimum Gasteiger partial charge on any atom is -0.459 e. The fourth-order valence-corrected chi connectivity index (χ4v) is 4.80. The van der Waals surface area contributed by atoms with Crippen LogP contribution in [0.4, 0.5) is 0 Å². The highest BCUT2D eigenvalue weighted by atomic mass is 35.5. The van der Waals surface area contributed by atoms with Crippen LogP contribution in [0.1, 0.15) is 0 Å². The van der Waals surface area contributed by atoms with E-state index in [2.05, 4.69) is 0 Å². The molecular weight excluding hydrogens is 397 g/mol. The van der Waals surface area contributed by atoms with E-state index in [1.165, 1.54) is 0 Å². The first-order valence-electron chi connectivity index (χ1n) is 6.81.